The Balaban J connectivity index is 2.78. The van der Waals surface area contributed by atoms with Crippen molar-refractivity contribution in [3.63, 3.8) is 0 Å². The van der Waals surface area contributed by atoms with Gasteiger partial charge in [0.2, 0.25) is 0 Å². The molecule has 1 atom stereocenters. The van der Waals surface area contributed by atoms with Gasteiger partial charge in [-0.15, -0.1) is 0 Å². The summed E-state index contributed by atoms with van der Waals surface area (Å²) in [6, 6.07) is 7.84. The summed E-state index contributed by atoms with van der Waals surface area (Å²) in [6.45, 7) is 5.86. The second-order valence-electron chi connectivity index (χ2n) is 4.08. The smallest absolute Gasteiger partial charge is 0.338 e. The van der Waals surface area contributed by atoms with Crippen molar-refractivity contribution in [1.29, 1.82) is 0 Å². The van der Waals surface area contributed by atoms with Crippen LogP contribution in [0.4, 0.5) is 5.69 Å². The Hall–Kier alpha value is -0.960. The van der Waals surface area contributed by atoms with Crippen molar-refractivity contribution >= 4 is 13.3 Å². The van der Waals surface area contributed by atoms with Gasteiger partial charge in [-0.05, 0) is 24.6 Å². The van der Waals surface area contributed by atoms with E-state index in [-0.39, 0.29) is 12.8 Å². The molecule has 0 aliphatic carbocycles. The second-order valence-corrected chi connectivity index (χ2v) is 6.14. The maximum absolute atomic E-state index is 12.3. The van der Waals surface area contributed by atoms with Crippen molar-refractivity contribution in [1.82, 2.24) is 0 Å². The summed E-state index contributed by atoms with van der Waals surface area (Å²) in [6.07, 6.45) is 0.282. The predicted molar refractivity (Wildman–Crippen MR) is 75.0 cm³/mol. The molecule has 1 aromatic carbocycles. The van der Waals surface area contributed by atoms with Gasteiger partial charge in [0.15, 0.2) is 6.61 Å². The minimum absolute atomic E-state index is 0.146. The first kappa shape index (κ1) is 15.1. The molecule has 0 bridgehead atoms. The van der Waals surface area contributed by atoms with E-state index in [1.165, 1.54) is 0 Å². The molecule has 0 saturated carbocycles. The van der Waals surface area contributed by atoms with E-state index in [1.54, 1.807) is 6.92 Å². The third kappa shape index (κ3) is 4.37. The minimum Gasteiger partial charge on any atom is -0.378 e. The van der Waals surface area contributed by atoms with Gasteiger partial charge < -0.3 is 9.42 Å². The molecule has 18 heavy (non-hydrogen) atoms. The zero-order valence-electron chi connectivity index (χ0n) is 11.3. The summed E-state index contributed by atoms with van der Waals surface area (Å²) in [5.41, 5.74) is 2.04. The highest BCUT2D eigenvalue weighted by Crippen LogP contribution is 2.51. The summed E-state index contributed by atoms with van der Waals surface area (Å²) in [7, 11) is 0.900. The fraction of sp³-hybridized carbons (Fsp3) is 0.462. The molecule has 0 heterocycles. The van der Waals surface area contributed by atoms with Crippen LogP contribution in [0, 0.1) is 6.92 Å². The minimum atomic E-state index is -3.06. The summed E-state index contributed by atoms with van der Waals surface area (Å²) in [4.78, 5) is 2.01. The monoisotopic (exact) mass is 270 g/mol. The van der Waals surface area contributed by atoms with Gasteiger partial charge in [0, 0.05) is 19.8 Å². The van der Waals surface area contributed by atoms with Gasteiger partial charge in [-0.2, -0.15) is 0 Å². The Labute approximate surface area is 109 Å². The van der Waals surface area contributed by atoms with Gasteiger partial charge in [-0.1, -0.05) is 12.1 Å². The highest BCUT2D eigenvalue weighted by Gasteiger charge is 2.25. The van der Waals surface area contributed by atoms with Gasteiger partial charge in [0.25, 0.3) is 0 Å². The van der Waals surface area contributed by atoms with E-state index in [9.17, 15) is 4.57 Å². The topological polar surface area (TPSA) is 38.8 Å². The van der Waals surface area contributed by atoms with Gasteiger partial charge >= 0.3 is 7.60 Å². The lowest BCUT2D eigenvalue weighted by atomic mass is 10.2. The second kappa shape index (κ2) is 6.83. The molecule has 0 fully saturated rings. The Morgan fingerprint density at radius 3 is 2.28 bits per heavy atom. The number of rotatable bonds is 7. The molecule has 4 nitrogen and oxygen atoms in total. The van der Waals surface area contributed by atoms with Crippen LogP contribution in [0.5, 0.6) is 0 Å². The predicted octanol–water partition coefficient (Wildman–Crippen LogP) is 3.33. The fourth-order valence-electron chi connectivity index (χ4n) is 1.59. The van der Waals surface area contributed by atoms with Crippen molar-refractivity contribution < 1.29 is 13.6 Å². The third-order valence-corrected chi connectivity index (χ3v) is 4.42. The molecule has 1 unspecified atom stereocenters. The number of nitrogens with zero attached hydrogens (tertiary/aromatic N) is 1. The van der Waals surface area contributed by atoms with E-state index in [0.29, 0.717) is 6.61 Å². The van der Waals surface area contributed by atoms with E-state index in [4.69, 9.17) is 9.05 Å². The molecule has 1 rings (SSSR count). The first-order valence-corrected chi connectivity index (χ1v) is 7.67. The summed E-state index contributed by atoms with van der Waals surface area (Å²) in [5, 5.41) is 0. The van der Waals surface area contributed by atoms with E-state index in [2.05, 4.69) is 6.92 Å². The SMILES string of the molecule is [CH2+]COP(=O)(Cc1ccc(N(C)C)cc1)OCC. The van der Waals surface area contributed by atoms with Crippen LogP contribution >= 0.6 is 7.60 Å². The molecule has 1 aromatic rings. The van der Waals surface area contributed by atoms with Gasteiger partial charge in [-0.25, -0.2) is 0 Å². The molecule has 0 spiro atoms. The molecule has 0 radical (unpaired) electrons. The molecule has 0 aromatic heterocycles. The van der Waals surface area contributed by atoms with E-state index in [1.807, 2.05) is 43.3 Å². The summed E-state index contributed by atoms with van der Waals surface area (Å²) < 4.78 is 22.7. The lowest BCUT2D eigenvalue weighted by Crippen LogP contribution is -2.08. The molecule has 0 N–H and O–H groups in total. The zero-order chi connectivity index (χ0) is 13.6. The molecule has 100 valence electrons. The fourth-order valence-corrected chi connectivity index (χ4v) is 3.17. The van der Waals surface area contributed by atoms with Crippen LogP contribution in [0.25, 0.3) is 0 Å². The average Bonchev–Trinajstić information content (AvgIpc) is 2.30. The van der Waals surface area contributed by atoms with Crippen LogP contribution in [0.15, 0.2) is 24.3 Å². The first-order chi connectivity index (χ1) is 8.50. The van der Waals surface area contributed by atoms with Crippen LogP contribution < -0.4 is 4.90 Å². The number of benzene rings is 1. The zero-order valence-corrected chi connectivity index (χ0v) is 12.2. The van der Waals surface area contributed by atoms with Crippen molar-refractivity contribution in [3.8, 4) is 0 Å². The van der Waals surface area contributed by atoms with Gasteiger partial charge in [-0.3, -0.25) is 9.09 Å². The maximum atomic E-state index is 12.3. The normalized spacial score (nSPS) is 14.2. The molecule has 0 aliphatic heterocycles. The van der Waals surface area contributed by atoms with Crippen LogP contribution in [0.1, 0.15) is 12.5 Å². The summed E-state index contributed by atoms with van der Waals surface area (Å²) in [5.74, 6) is 0. The quantitative estimate of drug-likeness (QED) is 0.562. The molecule has 0 aliphatic rings. The van der Waals surface area contributed by atoms with E-state index in [0.717, 1.165) is 11.3 Å². The van der Waals surface area contributed by atoms with Crippen molar-refractivity contribution in [2.24, 2.45) is 0 Å². The molecular weight excluding hydrogens is 249 g/mol. The van der Waals surface area contributed by atoms with Crippen molar-refractivity contribution in [2.45, 2.75) is 13.1 Å². The Morgan fingerprint density at radius 1 is 1.22 bits per heavy atom. The third-order valence-electron chi connectivity index (χ3n) is 2.44. The van der Waals surface area contributed by atoms with Crippen molar-refractivity contribution in [3.05, 3.63) is 36.8 Å². The van der Waals surface area contributed by atoms with Crippen LogP contribution in [0.3, 0.4) is 0 Å². The van der Waals surface area contributed by atoms with Crippen molar-refractivity contribution in [2.75, 3.05) is 32.2 Å². The van der Waals surface area contributed by atoms with Crippen LogP contribution in [-0.4, -0.2) is 27.3 Å². The first-order valence-electron chi connectivity index (χ1n) is 5.94. The number of anilines is 1. The highest BCUT2D eigenvalue weighted by molar-refractivity contribution is 7.53. The van der Waals surface area contributed by atoms with Gasteiger partial charge in [0.05, 0.1) is 19.7 Å². The van der Waals surface area contributed by atoms with E-state index >= 15 is 0 Å². The molecule has 0 amide bonds. The molecule has 0 saturated heterocycles. The largest absolute Gasteiger partial charge is 0.378 e. The lowest BCUT2D eigenvalue weighted by molar-refractivity contribution is 0.226. The standard InChI is InChI=1S/C13H21NO3P/c1-5-16-18(15,17-6-2)11-12-7-9-13(10-8-12)14(3)4/h7-10H,1,5-6,11H2,2-4H3/q+1. The van der Waals surface area contributed by atoms with Crippen LogP contribution in [0.2, 0.25) is 0 Å². The van der Waals surface area contributed by atoms with E-state index < -0.39 is 7.60 Å². The summed E-state index contributed by atoms with van der Waals surface area (Å²) >= 11 is 0. The lowest BCUT2D eigenvalue weighted by Gasteiger charge is -2.16. The van der Waals surface area contributed by atoms with Gasteiger partial charge in [0.1, 0.15) is 0 Å². The Morgan fingerprint density at radius 2 is 1.83 bits per heavy atom. The Bertz CT molecular complexity index is 393. The van der Waals surface area contributed by atoms with Crippen LogP contribution in [-0.2, 0) is 19.8 Å². The maximum Gasteiger partial charge on any atom is 0.338 e. The molecular formula is C13H21NO3P+. The highest BCUT2D eigenvalue weighted by atomic mass is 31.2. The average molecular weight is 270 g/mol. The molecule has 5 heteroatoms. The Kier molecular flexibility index (Phi) is 5.73. The number of hydrogen-bond acceptors (Lipinski definition) is 4. The number of hydrogen-bond donors (Lipinski definition) is 0.